The van der Waals surface area contributed by atoms with Gasteiger partial charge in [-0.25, -0.2) is 0 Å². The quantitative estimate of drug-likeness (QED) is 0.771. The van der Waals surface area contributed by atoms with Gasteiger partial charge in [0.15, 0.2) is 5.78 Å². The smallest absolute Gasteiger partial charge is 0.378 e. The molecule has 1 aromatic rings. The van der Waals surface area contributed by atoms with Crippen LogP contribution in [-0.4, -0.2) is 18.5 Å². The van der Waals surface area contributed by atoms with Gasteiger partial charge in [0.05, 0.1) is 11.2 Å². The highest BCUT2D eigenvalue weighted by molar-refractivity contribution is 5.98. The van der Waals surface area contributed by atoms with Crippen LogP contribution in [-0.2, 0) is 10.9 Å². The second-order valence-electron chi connectivity index (χ2n) is 4.61. The predicted octanol–water partition coefficient (Wildman–Crippen LogP) is 3.70. The molecule has 0 fully saturated rings. The van der Waals surface area contributed by atoms with Crippen LogP contribution in [0.5, 0.6) is 0 Å². The van der Waals surface area contributed by atoms with E-state index in [0.29, 0.717) is 0 Å². The van der Waals surface area contributed by atoms with Gasteiger partial charge in [0.2, 0.25) is 0 Å². The minimum atomic E-state index is -4.52. The normalized spacial score (nSPS) is 12.6. The Hall–Kier alpha value is -1.36. The number of hydrogen-bond acceptors (Lipinski definition) is 2. The number of Topliss-reactive ketones (excluding diaryl/α,β-unsaturated/α-hetero) is 1. The molecule has 0 aliphatic rings. The summed E-state index contributed by atoms with van der Waals surface area (Å²) in [5, 5.41) is 0. The molecule has 1 aromatic carbocycles. The molecular weight excluding hydrogens is 245 g/mol. The Morgan fingerprint density at radius 3 is 2.28 bits per heavy atom. The molecule has 2 nitrogen and oxygen atoms in total. The number of halogens is 3. The third-order valence-corrected chi connectivity index (χ3v) is 2.67. The maximum atomic E-state index is 12.7. The van der Waals surface area contributed by atoms with E-state index in [-0.39, 0.29) is 12.0 Å². The Bertz CT molecular complexity index is 436. The molecule has 0 atom stereocenters. The highest BCUT2D eigenvalue weighted by Crippen LogP contribution is 2.33. The van der Waals surface area contributed by atoms with E-state index in [4.69, 9.17) is 4.74 Å². The summed E-state index contributed by atoms with van der Waals surface area (Å²) in [7, 11) is 1.42. The molecule has 0 spiro atoms. The molecule has 0 unspecified atom stereocenters. The maximum Gasteiger partial charge on any atom is 0.417 e. The number of methoxy groups -OCH3 is 1. The Labute approximate surface area is 104 Å². The van der Waals surface area contributed by atoms with Gasteiger partial charge in [-0.2, -0.15) is 13.2 Å². The van der Waals surface area contributed by atoms with Crippen molar-refractivity contribution in [3.8, 4) is 0 Å². The summed E-state index contributed by atoms with van der Waals surface area (Å²) >= 11 is 0. The maximum absolute atomic E-state index is 12.7. The SMILES string of the molecule is COC(C)(C)CC(=O)c1ccccc1C(F)(F)F. The van der Waals surface area contributed by atoms with Crippen LogP contribution in [0.2, 0.25) is 0 Å². The molecule has 18 heavy (non-hydrogen) atoms. The Balaban J connectivity index is 3.07. The van der Waals surface area contributed by atoms with E-state index in [2.05, 4.69) is 0 Å². The molecule has 0 radical (unpaired) electrons. The molecule has 0 aromatic heterocycles. The highest BCUT2D eigenvalue weighted by atomic mass is 19.4. The van der Waals surface area contributed by atoms with E-state index in [1.54, 1.807) is 13.8 Å². The fourth-order valence-corrected chi connectivity index (χ4v) is 1.53. The average Bonchev–Trinajstić information content (AvgIpc) is 2.27. The number of benzene rings is 1. The molecule has 0 saturated heterocycles. The molecule has 5 heteroatoms. The van der Waals surface area contributed by atoms with Crippen LogP contribution in [0.25, 0.3) is 0 Å². The molecule has 0 aliphatic heterocycles. The van der Waals surface area contributed by atoms with E-state index in [9.17, 15) is 18.0 Å². The Morgan fingerprint density at radius 1 is 1.22 bits per heavy atom. The number of ketones is 1. The van der Waals surface area contributed by atoms with E-state index in [0.717, 1.165) is 6.07 Å². The summed E-state index contributed by atoms with van der Waals surface area (Å²) in [5.74, 6) is -0.574. The minimum Gasteiger partial charge on any atom is -0.378 e. The zero-order valence-electron chi connectivity index (χ0n) is 10.5. The van der Waals surface area contributed by atoms with Crippen molar-refractivity contribution in [2.75, 3.05) is 7.11 Å². The highest BCUT2D eigenvalue weighted by Gasteiger charge is 2.35. The van der Waals surface area contributed by atoms with Gasteiger partial charge in [-0.05, 0) is 19.9 Å². The lowest BCUT2D eigenvalue weighted by Gasteiger charge is -2.22. The second-order valence-corrected chi connectivity index (χ2v) is 4.61. The van der Waals surface area contributed by atoms with E-state index >= 15 is 0 Å². The lowest BCUT2D eigenvalue weighted by molar-refractivity contribution is -0.138. The van der Waals surface area contributed by atoms with Crippen molar-refractivity contribution in [1.82, 2.24) is 0 Å². The molecule has 0 saturated carbocycles. The summed E-state index contributed by atoms with van der Waals surface area (Å²) in [6.07, 6.45) is -4.62. The number of alkyl halides is 3. The van der Waals surface area contributed by atoms with Gasteiger partial charge in [-0.15, -0.1) is 0 Å². The molecule has 0 aliphatic carbocycles. The average molecular weight is 260 g/mol. The molecule has 100 valence electrons. The lowest BCUT2D eigenvalue weighted by Crippen LogP contribution is -2.27. The number of rotatable bonds is 4. The predicted molar refractivity (Wildman–Crippen MR) is 61.5 cm³/mol. The number of hydrogen-bond donors (Lipinski definition) is 0. The molecule has 0 heterocycles. The van der Waals surface area contributed by atoms with Crippen LogP contribution >= 0.6 is 0 Å². The van der Waals surface area contributed by atoms with Gasteiger partial charge < -0.3 is 4.74 Å². The summed E-state index contributed by atoms with van der Waals surface area (Å²) in [4.78, 5) is 11.9. The van der Waals surface area contributed by atoms with Crippen LogP contribution in [0.3, 0.4) is 0 Å². The fraction of sp³-hybridized carbons (Fsp3) is 0.462. The van der Waals surface area contributed by atoms with Crippen molar-refractivity contribution in [1.29, 1.82) is 0 Å². The van der Waals surface area contributed by atoms with Crippen LogP contribution in [0.15, 0.2) is 24.3 Å². The molecule has 0 bridgehead atoms. The fourth-order valence-electron chi connectivity index (χ4n) is 1.53. The first-order valence-corrected chi connectivity index (χ1v) is 5.42. The zero-order valence-corrected chi connectivity index (χ0v) is 10.5. The Kier molecular flexibility index (Phi) is 4.16. The van der Waals surface area contributed by atoms with Crippen LogP contribution in [0, 0.1) is 0 Å². The van der Waals surface area contributed by atoms with Gasteiger partial charge >= 0.3 is 6.18 Å². The monoisotopic (exact) mass is 260 g/mol. The third-order valence-electron chi connectivity index (χ3n) is 2.67. The van der Waals surface area contributed by atoms with E-state index in [1.807, 2.05) is 0 Å². The van der Waals surface area contributed by atoms with Crippen molar-refractivity contribution in [3.63, 3.8) is 0 Å². The van der Waals surface area contributed by atoms with E-state index in [1.165, 1.54) is 25.3 Å². The van der Waals surface area contributed by atoms with Gasteiger partial charge in [0.25, 0.3) is 0 Å². The van der Waals surface area contributed by atoms with Crippen molar-refractivity contribution >= 4 is 5.78 Å². The topological polar surface area (TPSA) is 26.3 Å². The number of ether oxygens (including phenoxy) is 1. The minimum absolute atomic E-state index is 0.101. The lowest BCUT2D eigenvalue weighted by atomic mass is 9.94. The number of carbonyl (C=O) groups excluding carboxylic acids is 1. The molecule has 1 rings (SSSR count). The van der Waals surface area contributed by atoms with Crippen LogP contribution < -0.4 is 0 Å². The van der Waals surface area contributed by atoms with Crippen LogP contribution in [0.4, 0.5) is 13.2 Å². The first-order valence-electron chi connectivity index (χ1n) is 5.42. The summed E-state index contributed by atoms with van der Waals surface area (Å²) in [6, 6.07) is 4.78. The van der Waals surface area contributed by atoms with Crippen molar-refractivity contribution in [2.24, 2.45) is 0 Å². The summed E-state index contributed by atoms with van der Waals surface area (Å²) in [5.41, 5.74) is -1.99. The van der Waals surface area contributed by atoms with E-state index < -0.39 is 23.1 Å². The molecular formula is C13H15F3O2. The molecule has 0 amide bonds. The van der Waals surface area contributed by atoms with Crippen molar-refractivity contribution in [2.45, 2.75) is 32.0 Å². The van der Waals surface area contributed by atoms with Crippen LogP contribution in [0.1, 0.15) is 36.2 Å². The first kappa shape index (κ1) is 14.7. The van der Waals surface area contributed by atoms with Gasteiger partial charge in [-0.3, -0.25) is 4.79 Å². The zero-order chi connectivity index (χ0) is 14.0. The van der Waals surface area contributed by atoms with Gasteiger partial charge in [0.1, 0.15) is 0 Å². The largest absolute Gasteiger partial charge is 0.417 e. The summed E-state index contributed by atoms with van der Waals surface area (Å²) < 4.78 is 43.3. The van der Waals surface area contributed by atoms with Crippen molar-refractivity contribution < 1.29 is 22.7 Å². The standard InChI is InChI=1S/C13H15F3O2/c1-12(2,18-3)8-11(17)9-6-4-5-7-10(9)13(14,15)16/h4-7H,8H2,1-3H3. The van der Waals surface area contributed by atoms with Gasteiger partial charge in [-0.1, -0.05) is 18.2 Å². The summed E-state index contributed by atoms with van der Waals surface area (Å²) in [6.45, 7) is 3.31. The Morgan fingerprint density at radius 2 is 1.78 bits per heavy atom. The van der Waals surface area contributed by atoms with Crippen molar-refractivity contribution in [3.05, 3.63) is 35.4 Å². The first-order chi connectivity index (χ1) is 8.17. The third kappa shape index (κ3) is 3.57. The second kappa shape index (κ2) is 5.10. The molecule has 0 N–H and O–H groups in total. The van der Waals surface area contributed by atoms with Gasteiger partial charge in [0, 0.05) is 19.1 Å². The number of carbonyl (C=O) groups is 1.